The summed E-state index contributed by atoms with van der Waals surface area (Å²) in [4.78, 5) is 103. The number of hydrogen-bond acceptors (Lipinski definition) is 17. The minimum Gasteiger partial charge on any atom is -0.504 e. The number of nitrogens with two attached hydrogens (primary N) is 1. The number of amides is 7. The fourth-order valence-electron chi connectivity index (χ4n) is 7.90. The van der Waals surface area contributed by atoms with E-state index < -0.39 is 165 Å². The van der Waals surface area contributed by atoms with Crippen LogP contribution >= 0.6 is 0 Å². The number of β-amino-alcohol motifs (C(OH)–C–C–N with tert-alkyl or cyclic N) is 1. The number of carbonyl (C=O) groups excluding carboxylic acids is 7. The van der Waals surface area contributed by atoms with Crippen LogP contribution in [0.5, 0.6) is 11.5 Å². The molecule has 3 aliphatic heterocycles. The molecule has 0 bridgehead atoms. The smallest absolute Gasteiger partial charge is 0.408 e. The Morgan fingerprint density at radius 1 is 0.896 bits per heavy atom. The SMILES string of the molecule is [C-]#[N+]C[C@@H](O)[C@@H]1NC(=O)[C@H]([C@H](O)Cc2ccc(O)c(OCCN)c2)NC(=O)[C@@H]2C[C@@H](O)CN2C(=O)[C@H]([C@@H](C)O)NC(=O)C(NC(=O)OC(C)(C)C)C[C@@H](O)CNC(=O)[C@@H]2[C@@H](O)[C@@H](C)CN2C1=O. The molecule has 4 rings (SSSR count). The van der Waals surface area contributed by atoms with Crippen molar-refractivity contribution < 1.29 is 78.8 Å². The zero-order valence-corrected chi connectivity index (χ0v) is 37.8. The lowest BCUT2D eigenvalue weighted by atomic mass is 9.99. The Balaban J connectivity index is 1.84. The highest BCUT2D eigenvalue weighted by molar-refractivity contribution is 5.98. The van der Waals surface area contributed by atoms with Crippen molar-refractivity contribution in [1.82, 2.24) is 36.4 Å². The number of benzene rings is 1. The van der Waals surface area contributed by atoms with Crippen molar-refractivity contribution in [2.45, 2.75) is 132 Å². The van der Waals surface area contributed by atoms with Gasteiger partial charge in [-0.25, -0.2) is 11.4 Å². The van der Waals surface area contributed by atoms with Gasteiger partial charge in [0.05, 0.1) is 30.5 Å². The molecule has 3 aliphatic rings. The molecule has 67 heavy (non-hydrogen) atoms. The number of aromatic hydroxyl groups is 1. The highest BCUT2D eigenvalue weighted by Crippen LogP contribution is 2.29. The molecular formula is C42H63N9O16. The Morgan fingerprint density at radius 3 is 2.16 bits per heavy atom. The molecule has 0 spiro atoms. The molecule has 3 fully saturated rings. The molecule has 7 amide bonds. The van der Waals surface area contributed by atoms with Crippen molar-refractivity contribution in [3.8, 4) is 11.5 Å². The first-order valence-corrected chi connectivity index (χ1v) is 21.7. The summed E-state index contributed by atoms with van der Waals surface area (Å²) in [5.74, 6) is -8.07. The van der Waals surface area contributed by atoms with E-state index in [1.54, 1.807) is 0 Å². The standard InChI is InChI=1S/C42H63N9O16/c1-19-17-51-33(34(19)58)38(62)45-15-22(53)13-24(46-41(65)67-42(3,4)5)35(59)47-30(20(2)52)39(63)50-18-23(54)14-25(50)36(60)48-31(37(61)49-32(40(51)64)28(57)16-44-6)27(56)11-21-7-8-26(55)29(12-21)66-10-9-43/h7-8,12,19-20,22-25,27-28,30-34,52-58H,9-11,13-18,43H2,1-5H3,(H,45,62)(H,46,65)(H,47,59)(H,48,60)(H,49,61)/t19-,20+,22+,23+,24?,25-,27+,28+,30-,31-,32-,33-,34-/m0/s1. The van der Waals surface area contributed by atoms with Crippen molar-refractivity contribution in [3.05, 3.63) is 35.2 Å². The largest absolute Gasteiger partial charge is 0.504 e. The third-order valence-electron chi connectivity index (χ3n) is 11.3. The Kier molecular flexibility index (Phi) is 18.6. The average Bonchev–Trinajstić information content (AvgIpc) is 3.79. The second kappa shape index (κ2) is 23.2. The lowest BCUT2D eigenvalue weighted by molar-refractivity contribution is -0.147. The molecular weight excluding hydrogens is 887 g/mol. The number of nitrogens with one attached hydrogen (secondary N) is 5. The molecule has 25 heteroatoms. The number of carbonyl (C=O) groups is 7. The quantitative estimate of drug-likeness (QED) is 0.0974. The van der Waals surface area contributed by atoms with E-state index in [0.717, 1.165) is 16.7 Å². The molecule has 0 aliphatic carbocycles. The average molecular weight is 950 g/mol. The minimum absolute atomic E-state index is 0.00803. The van der Waals surface area contributed by atoms with E-state index in [-0.39, 0.29) is 36.8 Å². The van der Waals surface area contributed by atoms with Gasteiger partial charge >= 0.3 is 6.09 Å². The maximum Gasteiger partial charge on any atom is 0.408 e. The number of fused-ring (bicyclic) bond motifs is 2. The summed E-state index contributed by atoms with van der Waals surface area (Å²) in [6.07, 6.45) is -12.9. The predicted molar refractivity (Wildman–Crippen MR) is 231 cm³/mol. The summed E-state index contributed by atoms with van der Waals surface area (Å²) in [6, 6.07) is -7.15. The van der Waals surface area contributed by atoms with Gasteiger partial charge in [-0.15, -0.1) is 0 Å². The lowest BCUT2D eigenvalue weighted by Crippen LogP contribution is -2.64. The van der Waals surface area contributed by atoms with Gasteiger partial charge in [-0.1, -0.05) is 13.0 Å². The second-order valence-corrected chi connectivity index (χ2v) is 18.0. The van der Waals surface area contributed by atoms with E-state index in [0.29, 0.717) is 0 Å². The maximum atomic E-state index is 14.4. The van der Waals surface area contributed by atoms with Crippen molar-refractivity contribution >= 4 is 41.5 Å². The summed E-state index contributed by atoms with van der Waals surface area (Å²) in [5.41, 5.74) is 4.70. The minimum atomic E-state index is -2.07. The van der Waals surface area contributed by atoms with E-state index >= 15 is 0 Å². The van der Waals surface area contributed by atoms with Crippen molar-refractivity contribution in [3.63, 3.8) is 0 Å². The molecule has 1 unspecified atom stereocenters. The molecule has 1 aromatic rings. The number of aliphatic hydroxyl groups is 6. The van der Waals surface area contributed by atoms with Gasteiger partial charge in [-0.2, -0.15) is 0 Å². The van der Waals surface area contributed by atoms with Gasteiger partial charge in [0.25, 0.3) is 0 Å². The van der Waals surface area contributed by atoms with E-state index in [4.69, 9.17) is 21.8 Å². The summed E-state index contributed by atoms with van der Waals surface area (Å²) < 4.78 is 10.7. The predicted octanol–water partition coefficient (Wildman–Crippen LogP) is -5.31. The number of phenolic OH excluding ortho intramolecular Hbond substituents is 1. The molecule has 3 saturated heterocycles. The van der Waals surface area contributed by atoms with Gasteiger partial charge < -0.3 is 92.2 Å². The lowest BCUT2D eigenvalue weighted by Gasteiger charge is -2.33. The normalized spacial score (nSPS) is 29.7. The van der Waals surface area contributed by atoms with Crippen molar-refractivity contribution in [2.75, 3.05) is 39.3 Å². The van der Waals surface area contributed by atoms with E-state index in [2.05, 4.69) is 31.4 Å². The van der Waals surface area contributed by atoms with Crippen LogP contribution in [0.3, 0.4) is 0 Å². The molecule has 0 radical (unpaired) electrons. The van der Waals surface area contributed by atoms with Crippen molar-refractivity contribution in [1.29, 1.82) is 0 Å². The first-order valence-electron chi connectivity index (χ1n) is 21.7. The van der Waals surface area contributed by atoms with Gasteiger partial charge in [0, 0.05) is 51.4 Å². The van der Waals surface area contributed by atoms with Gasteiger partial charge in [0.15, 0.2) is 17.6 Å². The Hall–Kier alpha value is -5.88. The van der Waals surface area contributed by atoms with Crippen LogP contribution in [0.15, 0.2) is 18.2 Å². The van der Waals surface area contributed by atoms with Crippen LogP contribution in [0.25, 0.3) is 4.85 Å². The fourth-order valence-corrected chi connectivity index (χ4v) is 7.90. The number of rotatable bonds is 10. The summed E-state index contributed by atoms with van der Waals surface area (Å²) in [6.45, 7) is 12.4. The fraction of sp³-hybridized carbons (Fsp3) is 0.667. The summed E-state index contributed by atoms with van der Waals surface area (Å²) >= 11 is 0. The van der Waals surface area contributed by atoms with Crippen LogP contribution in [-0.2, 0) is 39.9 Å². The van der Waals surface area contributed by atoms with Gasteiger partial charge in [-0.3, -0.25) is 28.8 Å². The molecule has 25 nitrogen and oxygen atoms in total. The maximum absolute atomic E-state index is 14.4. The third kappa shape index (κ3) is 14.1. The topological polar surface area (TPSA) is 377 Å². The first kappa shape index (κ1) is 53.7. The van der Waals surface area contributed by atoms with Crippen LogP contribution in [-0.4, -0.2) is 205 Å². The van der Waals surface area contributed by atoms with Crippen LogP contribution in [0, 0.1) is 12.5 Å². The Labute approximate surface area is 386 Å². The zero-order chi connectivity index (χ0) is 50.1. The third-order valence-corrected chi connectivity index (χ3v) is 11.3. The van der Waals surface area contributed by atoms with Crippen LogP contribution in [0.1, 0.15) is 53.0 Å². The highest BCUT2D eigenvalue weighted by Gasteiger charge is 2.50. The molecule has 13 atom stereocenters. The molecule has 372 valence electrons. The monoisotopic (exact) mass is 949 g/mol. The molecule has 14 N–H and O–H groups in total. The number of alkyl carbamates (subject to hydrolysis) is 1. The van der Waals surface area contributed by atoms with E-state index in [1.807, 2.05) is 0 Å². The van der Waals surface area contributed by atoms with Crippen molar-refractivity contribution in [2.24, 2.45) is 11.7 Å². The number of ether oxygens (including phenoxy) is 2. The van der Waals surface area contributed by atoms with E-state index in [9.17, 15) is 69.3 Å². The van der Waals surface area contributed by atoms with Crippen LogP contribution in [0.2, 0.25) is 0 Å². The molecule has 0 aromatic heterocycles. The first-order chi connectivity index (χ1) is 31.4. The number of phenols is 1. The molecule has 3 heterocycles. The number of nitrogens with zero attached hydrogens (tertiary/aromatic N) is 3. The van der Waals surface area contributed by atoms with E-state index in [1.165, 1.54) is 45.9 Å². The van der Waals surface area contributed by atoms with Gasteiger partial charge in [0.2, 0.25) is 42.0 Å². The Morgan fingerprint density at radius 2 is 1.54 bits per heavy atom. The summed E-state index contributed by atoms with van der Waals surface area (Å²) in [7, 11) is 0. The van der Waals surface area contributed by atoms with Gasteiger partial charge in [-0.05, 0) is 45.4 Å². The Bertz CT molecular complexity index is 2010. The molecule has 1 aromatic carbocycles. The van der Waals surface area contributed by atoms with Gasteiger partial charge in [0.1, 0.15) is 48.5 Å². The van der Waals surface area contributed by atoms with Crippen LogP contribution in [0.4, 0.5) is 4.79 Å². The molecule has 0 saturated carbocycles. The number of aliphatic hydroxyl groups excluding tert-OH is 6. The number of hydrogen-bond donors (Lipinski definition) is 13. The highest BCUT2D eigenvalue weighted by atomic mass is 16.6. The van der Waals surface area contributed by atoms with Crippen LogP contribution < -0.4 is 37.1 Å². The summed E-state index contributed by atoms with van der Waals surface area (Å²) in [5, 5.41) is 88.8. The second-order valence-electron chi connectivity index (χ2n) is 18.0. The zero-order valence-electron chi connectivity index (χ0n) is 37.8.